The standard InChI is InChI=1S/C11H9O/c1-8(12)10-6-5-9-3-2-4-11(9)7-10/h2,4-6H,3H2,1H3. The average Bonchev–Trinajstić information content (AvgIpc) is 2.49. The third-order valence-corrected chi connectivity index (χ3v) is 2.07. The van der Waals surface area contributed by atoms with Crippen LogP contribution in [-0.2, 0) is 6.42 Å². The zero-order chi connectivity index (χ0) is 8.55. The molecule has 0 bridgehead atoms. The predicted octanol–water partition coefficient (Wildman–Crippen LogP) is 2.26. The van der Waals surface area contributed by atoms with Crippen molar-refractivity contribution in [2.75, 3.05) is 0 Å². The first-order valence-electron chi connectivity index (χ1n) is 4.00. The SMILES string of the molecule is CC(=O)c1[c]c2c(cc1)CC=C2. The van der Waals surface area contributed by atoms with Crippen LogP contribution in [-0.4, -0.2) is 5.78 Å². The van der Waals surface area contributed by atoms with Crippen molar-refractivity contribution in [2.24, 2.45) is 0 Å². The first-order valence-corrected chi connectivity index (χ1v) is 4.00. The Kier molecular flexibility index (Phi) is 1.58. The van der Waals surface area contributed by atoms with Gasteiger partial charge in [-0.3, -0.25) is 4.79 Å². The Balaban J connectivity index is 2.51. The van der Waals surface area contributed by atoms with Gasteiger partial charge in [0.2, 0.25) is 0 Å². The fourth-order valence-electron chi connectivity index (χ4n) is 1.38. The van der Waals surface area contributed by atoms with E-state index in [1.165, 1.54) is 5.56 Å². The molecule has 0 heterocycles. The average molecular weight is 157 g/mol. The van der Waals surface area contributed by atoms with Crippen molar-refractivity contribution < 1.29 is 4.79 Å². The molecule has 0 fully saturated rings. The number of Topliss-reactive ketones (excluding diaryl/α,β-unsaturated/α-hetero) is 1. The molecule has 1 heteroatoms. The summed E-state index contributed by atoms with van der Waals surface area (Å²) >= 11 is 0. The van der Waals surface area contributed by atoms with Crippen molar-refractivity contribution in [3.05, 3.63) is 41.0 Å². The lowest BCUT2D eigenvalue weighted by atomic mass is 10.0. The molecule has 1 aromatic rings. The molecular weight excluding hydrogens is 148 g/mol. The monoisotopic (exact) mass is 157 g/mol. The van der Waals surface area contributed by atoms with Gasteiger partial charge in [-0.1, -0.05) is 24.3 Å². The van der Waals surface area contributed by atoms with E-state index < -0.39 is 0 Å². The number of carbonyl (C=O) groups is 1. The molecule has 0 aromatic heterocycles. The van der Waals surface area contributed by atoms with Crippen molar-refractivity contribution in [3.8, 4) is 0 Å². The van der Waals surface area contributed by atoms with Gasteiger partial charge in [0, 0.05) is 11.6 Å². The molecule has 0 N–H and O–H groups in total. The summed E-state index contributed by atoms with van der Waals surface area (Å²) in [5.41, 5.74) is 3.02. The third kappa shape index (κ3) is 1.07. The van der Waals surface area contributed by atoms with Gasteiger partial charge in [0.1, 0.15) is 0 Å². The van der Waals surface area contributed by atoms with Crippen LogP contribution in [0.15, 0.2) is 18.2 Å². The Bertz CT molecular complexity index is 361. The molecule has 1 nitrogen and oxygen atoms in total. The quantitative estimate of drug-likeness (QED) is 0.571. The van der Waals surface area contributed by atoms with Gasteiger partial charge >= 0.3 is 0 Å². The van der Waals surface area contributed by atoms with Gasteiger partial charge in [0.05, 0.1) is 0 Å². The second-order valence-corrected chi connectivity index (χ2v) is 2.97. The summed E-state index contributed by atoms with van der Waals surface area (Å²) in [5.74, 6) is 0.0816. The van der Waals surface area contributed by atoms with E-state index in [1.807, 2.05) is 18.2 Å². The van der Waals surface area contributed by atoms with Crippen LogP contribution >= 0.6 is 0 Å². The Labute approximate surface area is 71.7 Å². The minimum absolute atomic E-state index is 0.0816. The number of allylic oxidation sites excluding steroid dienone is 1. The maximum absolute atomic E-state index is 11.0. The van der Waals surface area contributed by atoms with Gasteiger partial charge < -0.3 is 0 Å². The lowest BCUT2D eigenvalue weighted by molar-refractivity contribution is 0.101. The molecule has 0 atom stereocenters. The maximum Gasteiger partial charge on any atom is 0.160 e. The summed E-state index contributed by atoms with van der Waals surface area (Å²) in [5, 5.41) is 0. The zero-order valence-corrected chi connectivity index (χ0v) is 6.92. The molecule has 12 heavy (non-hydrogen) atoms. The fraction of sp³-hybridized carbons (Fsp3) is 0.182. The van der Waals surface area contributed by atoms with Gasteiger partial charge in [-0.05, 0) is 24.5 Å². The van der Waals surface area contributed by atoms with Crippen molar-refractivity contribution in [2.45, 2.75) is 13.3 Å². The van der Waals surface area contributed by atoms with E-state index in [0.717, 1.165) is 12.0 Å². The Morgan fingerprint density at radius 1 is 1.50 bits per heavy atom. The number of ketones is 1. The molecule has 0 saturated carbocycles. The third-order valence-electron chi connectivity index (χ3n) is 2.07. The molecule has 0 spiro atoms. The van der Waals surface area contributed by atoms with Gasteiger partial charge in [-0.15, -0.1) is 0 Å². The molecule has 1 aromatic carbocycles. The summed E-state index contributed by atoms with van der Waals surface area (Å²) in [4.78, 5) is 11.0. The summed E-state index contributed by atoms with van der Waals surface area (Å²) in [6.07, 6.45) is 5.08. The van der Waals surface area contributed by atoms with Crippen LogP contribution in [0.3, 0.4) is 0 Å². The Morgan fingerprint density at radius 3 is 3.08 bits per heavy atom. The Hall–Kier alpha value is -1.37. The molecule has 1 radical (unpaired) electrons. The Morgan fingerprint density at radius 2 is 2.33 bits per heavy atom. The number of benzene rings is 1. The summed E-state index contributed by atoms with van der Waals surface area (Å²) in [6, 6.07) is 6.93. The number of carbonyl (C=O) groups excluding carboxylic acids is 1. The number of hydrogen-bond donors (Lipinski definition) is 0. The largest absolute Gasteiger partial charge is 0.294 e. The van der Waals surface area contributed by atoms with Gasteiger partial charge in [-0.2, -0.15) is 0 Å². The van der Waals surface area contributed by atoms with E-state index in [9.17, 15) is 4.79 Å². The van der Waals surface area contributed by atoms with E-state index >= 15 is 0 Å². The molecule has 0 saturated heterocycles. The topological polar surface area (TPSA) is 17.1 Å². The molecule has 59 valence electrons. The number of hydrogen-bond acceptors (Lipinski definition) is 1. The molecule has 0 amide bonds. The summed E-state index contributed by atoms with van der Waals surface area (Å²) in [7, 11) is 0. The van der Waals surface area contributed by atoms with Crippen LogP contribution in [0.4, 0.5) is 0 Å². The van der Waals surface area contributed by atoms with Gasteiger partial charge in [-0.25, -0.2) is 0 Å². The van der Waals surface area contributed by atoms with Crippen LogP contribution in [0, 0.1) is 6.07 Å². The first kappa shape index (κ1) is 7.29. The van der Waals surface area contributed by atoms with E-state index in [0.29, 0.717) is 5.56 Å². The van der Waals surface area contributed by atoms with Crippen LogP contribution < -0.4 is 0 Å². The maximum atomic E-state index is 11.0. The smallest absolute Gasteiger partial charge is 0.160 e. The minimum atomic E-state index is 0.0816. The van der Waals surface area contributed by atoms with Crippen molar-refractivity contribution in [1.29, 1.82) is 0 Å². The van der Waals surface area contributed by atoms with Crippen LogP contribution in [0.2, 0.25) is 0 Å². The predicted molar refractivity (Wildman–Crippen MR) is 48.0 cm³/mol. The van der Waals surface area contributed by atoms with E-state index in [4.69, 9.17) is 0 Å². The van der Waals surface area contributed by atoms with E-state index in [2.05, 4.69) is 12.1 Å². The minimum Gasteiger partial charge on any atom is -0.294 e. The van der Waals surface area contributed by atoms with E-state index in [1.54, 1.807) is 6.92 Å². The lowest BCUT2D eigenvalue weighted by Crippen LogP contribution is -1.93. The van der Waals surface area contributed by atoms with Gasteiger partial charge in [0.25, 0.3) is 0 Å². The first-order chi connectivity index (χ1) is 5.77. The molecule has 0 unspecified atom stereocenters. The highest BCUT2D eigenvalue weighted by atomic mass is 16.1. The fourth-order valence-corrected chi connectivity index (χ4v) is 1.38. The molecule has 1 aliphatic carbocycles. The van der Waals surface area contributed by atoms with Crippen LogP contribution in [0.25, 0.3) is 6.08 Å². The van der Waals surface area contributed by atoms with Gasteiger partial charge in [0.15, 0.2) is 5.78 Å². The van der Waals surface area contributed by atoms with E-state index in [-0.39, 0.29) is 5.78 Å². The number of rotatable bonds is 1. The lowest BCUT2D eigenvalue weighted by Gasteiger charge is -1.99. The second kappa shape index (κ2) is 2.59. The normalized spacial score (nSPS) is 13.1. The summed E-state index contributed by atoms with van der Waals surface area (Å²) in [6.45, 7) is 1.57. The van der Waals surface area contributed by atoms with Crippen molar-refractivity contribution >= 4 is 11.9 Å². The molecule has 1 aliphatic rings. The molecule has 2 rings (SSSR count). The highest BCUT2D eigenvalue weighted by molar-refractivity contribution is 5.94. The number of fused-ring (bicyclic) bond motifs is 1. The molecular formula is C11H9O. The van der Waals surface area contributed by atoms with Crippen molar-refractivity contribution in [1.82, 2.24) is 0 Å². The molecule has 0 aliphatic heterocycles. The van der Waals surface area contributed by atoms with Crippen molar-refractivity contribution in [3.63, 3.8) is 0 Å². The van der Waals surface area contributed by atoms with Crippen LogP contribution in [0.1, 0.15) is 28.4 Å². The van der Waals surface area contributed by atoms with Crippen LogP contribution in [0.5, 0.6) is 0 Å². The highest BCUT2D eigenvalue weighted by Gasteiger charge is 2.07. The highest BCUT2D eigenvalue weighted by Crippen LogP contribution is 2.19. The second-order valence-electron chi connectivity index (χ2n) is 2.97. The zero-order valence-electron chi connectivity index (χ0n) is 6.92. The summed E-state index contributed by atoms with van der Waals surface area (Å²) < 4.78 is 0.